The van der Waals surface area contributed by atoms with Crippen LogP contribution in [0.5, 0.6) is 5.75 Å². The SMILES string of the molecule is CNC1CC2CCCc3cc(OC)cc1c32. The second kappa shape index (κ2) is 3.77. The van der Waals surface area contributed by atoms with Crippen LogP contribution in [0.15, 0.2) is 12.1 Å². The van der Waals surface area contributed by atoms with Crippen molar-refractivity contribution in [2.24, 2.45) is 0 Å². The van der Waals surface area contributed by atoms with E-state index in [1.54, 1.807) is 12.7 Å². The van der Waals surface area contributed by atoms with Crippen molar-refractivity contribution in [2.45, 2.75) is 37.6 Å². The highest BCUT2D eigenvalue weighted by Crippen LogP contribution is 2.48. The van der Waals surface area contributed by atoms with Gasteiger partial charge in [-0.3, -0.25) is 0 Å². The Morgan fingerprint density at radius 1 is 1.38 bits per heavy atom. The van der Waals surface area contributed by atoms with Crippen LogP contribution in [0.2, 0.25) is 0 Å². The summed E-state index contributed by atoms with van der Waals surface area (Å²) < 4.78 is 5.41. The van der Waals surface area contributed by atoms with E-state index in [-0.39, 0.29) is 0 Å². The van der Waals surface area contributed by atoms with Crippen LogP contribution in [-0.2, 0) is 6.42 Å². The lowest BCUT2D eigenvalue weighted by Crippen LogP contribution is -2.13. The van der Waals surface area contributed by atoms with Crippen LogP contribution in [0.3, 0.4) is 0 Å². The van der Waals surface area contributed by atoms with E-state index in [0.717, 1.165) is 11.7 Å². The van der Waals surface area contributed by atoms with E-state index < -0.39 is 0 Å². The van der Waals surface area contributed by atoms with Crippen molar-refractivity contribution >= 4 is 0 Å². The van der Waals surface area contributed by atoms with Crippen molar-refractivity contribution in [3.8, 4) is 5.75 Å². The molecule has 2 aliphatic carbocycles. The van der Waals surface area contributed by atoms with Gasteiger partial charge in [0.2, 0.25) is 0 Å². The Labute approximate surface area is 97.0 Å². The third-order valence-corrected chi connectivity index (χ3v) is 4.16. The number of methoxy groups -OCH3 is 1. The van der Waals surface area contributed by atoms with E-state index in [1.165, 1.54) is 36.8 Å². The molecule has 2 aliphatic rings. The lowest BCUT2D eigenvalue weighted by molar-refractivity contribution is 0.413. The highest BCUT2D eigenvalue weighted by Gasteiger charge is 2.34. The normalized spacial score (nSPS) is 26.6. The van der Waals surface area contributed by atoms with Gasteiger partial charge in [0.05, 0.1) is 7.11 Å². The Morgan fingerprint density at radius 2 is 2.25 bits per heavy atom. The number of ether oxygens (including phenoxy) is 1. The summed E-state index contributed by atoms with van der Waals surface area (Å²) in [6, 6.07) is 5.00. The lowest BCUT2D eigenvalue weighted by Gasteiger charge is -2.22. The molecule has 2 heteroatoms. The molecule has 0 bridgehead atoms. The Kier molecular flexibility index (Phi) is 2.40. The first kappa shape index (κ1) is 10.2. The lowest BCUT2D eigenvalue weighted by atomic mass is 9.84. The predicted octanol–water partition coefficient (Wildman–Crippen LogP) is 2.78. The first-order valence-electron chi connectivity index (χ1n) is 6.21. The highest BCUT2D eigenvalue weighted by atomic mass is 16.5. The van der Waals surface area contributed by atoms with Crippen molar-refractivity contribution in [1.29, 1.82) is 0 Å². The Hall–Kier alpha value is -1.02. The first-order valence-corrected chi connectivity index (χ1v) is 6.21. The minimum Gasteiger partial charge on any atom is -0.497 e. The van der Waals surface area contributed by atoms with Gasteiger partial charge in [0.1, 0.15) is 5.75 Å². The summed E-state index contributed by atoms with van der Waals surface area (Å²) in [4.78, 5) is 0. The molecule has 1 aromatic rings. The van der Waals surface area contributed by atoms with Gasteiger partial charge in [-0.25, -0.2) is 0 Å². The van der Waals surface area contributed by atoms with Crippen molar-refractivity contribution in [3.63, 3.8) is 0 Å². The third-order valence-electron chi connectivity index (χ3n) is 4.16. The molecule has 2 nitrogen and oxygen atoms in total. The van der Waals surface area contributed by atoms with Gasteiger partial charge in [0.15, 0.2) is 0 Å². The fraction of sp³-hybridized carbons (Fsp3) is 0.571. The maximum atomic E-state index is 5.41. The molecule has 0 saturated carbocycles. The summed E-state index contributed by atoms with van der Waals surface area (Å²) in [7, 11) is 3.83. The van der Waals surface area contributed by atoms with Gasteiger partial charge in [-0.2, -0.15) is 0 Å². The van der Waals surface area contributed by atoms with Gasteiger partial charge >= 0.3 is 0 Å². The van der Waals surface area contributed by atoms with E-state index in [1.807, 2.05) is 0 Å². The second-order valence-corrected chi connectivity index (χ2v) is 4.96. The molecule has 0 heterocycles. The summed E-state index contributed by atoms with van der Waals surface area (Å²) in [5.74, 6) is 1.82. The molecule has 0 radical (unpaired) electrons. The van der Waals surface area contributed by atoms with Gasteiger partial charge in [-0.05, 0) is 67.5 Å². The van der Waals surface area contributed by atoms with Crippen LogP contribution < -0.4 is 10.1 Å². The molecule has 0 spiro atoms. The van der Waals surface area contributed by atoms with E-state index in [2.05, 4.69) is 24.5 Å². The largest absolute Gasteiger partial charge is 0.497 e. The standard InChI is InChI=1S/C14H19NO/c1-15-13-7-10-5-3-4-9-6-11(16-2)8-12(13)14(9)10/h6,8,10,13,15H,3-5,7H2,1-2H3. The minimum atomic E-state index is 0.534. The van der Waals surface area contributed by atoms with Crippen molar-refractivity contribution in [3.05, 3.63) is 28.8 Å². The maximum Gasteiger partial charge on any atom is 0.119 e. The van der Waals surface area contributed by atoms with Crippen LogP contribution in [0.25, 0.3) is 0 Å². The quantitative estimate of drug-likeness (QED) is 0.822. The van der Waals surface area contributed by atoms with Crippen LogP contribution >= 0.6 is 0 Å². The number of benzene rings is 1. The fourth-order valence-electron chi connectivity index (χ4n) is 3.42. The first-order chi connectivity index (χ1) is 7.83. The van der Waals surface area contributed by atoms with Crippen LogP contribution in [0.4, 0.5) is 0 Å². The van der Waals surface area contributed by atoms with Crippen molar-refractivity contribution < 1.29 is 4.74 Å². The molecule has 1 N–H and O–H groups in total. The van der Waals surface area contributed by atoms with Gasteiger partial charge in [0, 0.05) is 6.04 Å². The van der Waals surface area contributed by atoms with E-state index in [0.29, 0.717) is 6.04 Å². The topological polar surface area (TPSA) is 21.3 Å². The molecule has 1 aromatic carbocycles. The van der Waals surface area contributed by atoms with Crippen LogP contribution in [0.1, 0.15) is 47.9 Å². The average Bonchev–Trinajstić information content (AvgIpc) is 2.69. The molecular weight excluding hydrogens is 198 g/mol. The summed E-state index contributed by atoms with van der Waals surface area (Å²) in [6.45, 7) is 0. The summed E-state index contributed by atoms with van der Waals surface area (Å²) in [5.41, 5.74) is 4.65. The van der Waals surface area contributed by atoms with E-state index in [4.69, 9.17) is 4.74 Å². The van der Waals surface area contributed by atoms with Gasteiger partial charge in [-0.1, -0.05) is 0 Å². The Balaban J connectivity index is 2.14. The highest BCUT2D eigenvalue weighted by molar-refractivity contribution is 5.50. The molecule has 0 amide bonds. The van der Waals surface area contributed by atoms with Crippen molar-refractivity contribution in [2.75, 3.05) is 14.2 Å². The smallest absolute Gasteiger partial charge is 0.119 e. The molecular formula is C14H19NO. The van der Waals surface area contributed by atoms with Gasteiger partial charge in [0.25, 0.3) is 0 Å². The molecule has 3 rings (SSSR count). The van der Waals surface area contributed by atoms with Gasteiger partial charge < -0.3 is 10.1 Å². The Morgan fingerprint density at radius 3 is 3.00 bits per heavy atom. The molecule has 16 heavy (non-hydrogen) atoms. The molecule has 0 aromatic heterocycles. The van der Waals surface area contributed by atoms with Crippen LogP contribution in [0, 0.1) is 0 Å². The molecule has 0 fully saturated rings. The zero-order valence-electron chi connectivity index (χ0n) is 10.0. The third kappa shape index (κ3) is 1.36. The number of hydrogen-bond donors (Lipinski definition) is 1. The summed E-state index contributed by atoms with van der Waals surface area (Å²) in [6.07, 6.45) is 5.20. The second-order valence-electron chi connectivity index (χ2n) is 4.96. The summed E-state index contributed by atoms with van der Waals surface area (Å²) in [5, 5.41) is 3.44. The number of aryl methyl sites for hydroxylation is 1. The van der Waals surface area contributed by atoms with E-state index in [9.17, 15) is 0 Å². The minimum absolute atomic E-state index is 0.534. The number of rotatable bonds is 2. The summed E-state index contributed by atoms with van der Waals surface area (Å²) >= 11 is 0. The monoisotopic (exact) mass is 217 g/mol. The maximum absolute atomic E-state index is 5.41. The molecule has 0 saturated heterocycles. The van der Waals surface area contributed by atoms with Crippen LogP contribution in [-0.4, -0.2) is 14.2 Å². The number of hydrogen-bond acceptors (Lipinski definition) is 2. The fourth-order valence-corrected chi connectivity index (χ4v) is 3.42. The van der Waals surface area contributed by atoms with Crippen molar-refractivity contribution in [1.82, 2.24) is 5.32 Å². The molecule has 0 aliphatic heterocycles. The molecule has 86 valence electrons. The molecule has 2 atom stereocenters. The Bertz CT molecular complexity index is 413. The molecule has 2 unspecified atom stereocenters. The zero-order valence-corrected chi connectivity index (χ0v) is 10.0. The zero-order chi connectivity index (χ0) is 11.1. The predicted molar refractivity (Wildman–Crippen MR) is 65.1 cm³/mol. The average molecular weight is 217 g/mol. The van der Waals surface area contributed by atoms with Gasteiger partial charge in [-0.15, -0.1) is 0 Å². The van der Waals surface area contributed by atoms with E-state index >= 15 is 0 Å². The number of nitrogens with one attached hydrogen (secondary N) is 1.